The third kappa shape index (κ3) is 3.34. The molecule has 0 amide bonds. The highest BCUT2D eigenvalue weighted by molar-refractivity contribution is 6.69. The zero-order valence-electron chi connectivity index (χ0n) is 12.5. The molecule has 0 unspecified atom stereocenters. The van der Waals surface area contributed by atoms with Crippen LogP contribution in [-0.4, -0.2) is 47.7 Å². The van der Waals surface area contributed by atoms with E-state index in [4.69, 9.17) is 14.9 Å². The number of aliphatic hydroxyl groups excluding tert-OH is 1. The van der Waals surface area contributed by atoms with Gasteiger partial charge in [-0.2, -0.15) is 13.8 Å². The number of ether oxygens (including phenoxy) is 1. The number of hydrogen-bond acceptors (Lipinski definition) is 6. The maximum absolute atomic E-state index is 14.2. The molecule has 2 heterocycles. The fourth-order valence-electron chi connectivity index (χ4n) is 2.04. The van der Waals surface area contributed by atoms with Crippen molar-refractivity contribution in [2.45, 2.75) is 44.0 Å². The Labute approximate surface area is 126 Å². The molecule has 0 spiro atoms. The third-order valence-electron chi connectivity index (χ3n) is 3.16. The summed E-state index contributed by atoms with van der Waals surface area (Å²) >= 11 is 0. The predicted octanol–water partition coefficient (Wildman–Crippen LogP) is 0.571. The molecule has 0 radical (unpaired) electrons. The lowest BCUT2D eigenvalue weighted by Crippen LogP contribution is -2.42. The van der Waals surface area contributed by atoms with Crippen LogP contribution in [0.4, 0.5) is 14.6 Å². The molecule has 1 aromatic heterocycles. The molecule has 1 saturated heterocycles. The van der Waals surface area contributed by atoms with Gasteiger partial charge in [-0.25, -0.2) is 4.79 Å². The van der Waals surface area contributed by atoms with Crippen molar-refractivity contribution < 1.29 is 23.1 Å². The molecule has 10 heteroatoms. The quantitative estimate of drug-likeness (QED) is 0.781. The van der Waals surface area contributed by atoms with Crippen molar-refractivity contribution in [2.24, 2.45) is 0 Å². The Bertz CT molecular complexity index is 605. The first kappa shape index (κ1) is 17.0. The van der Waals surface area contributed by atoms with E-state index in [1.807, 2.05) is 19.6 Å². The van der Waals surface area contributed by atoms with Gasteiger partial charge in [0.2, 0.25) is 6.23 Å². The molecule has 7 nitrogen and oxygen atoms in total. The van der Waals surface area contributed by atoms with Crippen LogP contribution in [0.1, 0.15) is 6.23 Å². The molecule has 0 aliphatic carbocycles. The summed E-state index contributed by atoms with van der Waals surface area (Å²) in [6.45, 7) is 5.50. The van der Waals surface area contributed by atoms with Gasteiger partial charge in [-0.15, -0.1) is 0 Å². The smallest absolute Gasteiger partial charge is 0.351 e. The molecule has 1 aromatic rings. The largest absolute Gasteiger partial charge is 0.415 e. The second kappa shape index (κ2) is 5.69. The first-order valence-corrected chi connectivity index (χ1v) is 10.1. The van der Waals surface area contributed by atoms with E-state index in [1.54, 1.807) is 0 Å². The Kier molecular flexibility index (Phi) is 4.39. The van der Waals surface area contributed by atoms with Gasteiger partial charge in [-0.1, -0.05) is 0 Å². The molecule has 22 heavy (non-hydrogen) atoms. The lowest BCUT2D eigenvalue weighted by molar-refractivity contribution is -0.140. The molecule has 0 saturated carbocycles. The predicted molar refractivity (Wildman–Crippen MR) is 77.1 cm³/mol. The van der Waals surface area contributed by atoms with Gasteiger partial charge in [0.15, 0.2) is 14.4 Å². The standard InChI is InChI=1S/C12H19F2N3O4Si/c1-22(2,3)20-6-7-9(18)12(13,14)10(21-7)17-5-4-8(15)16-11(17)19/h4-5,7,9-10,18H,6H2,1-3H3,(H2,15,16,19)/t7-,9-,10-/m1/s1. The normalized spacial score (nSPS) is 28.0. The van der Waals surface area contributed by atoms with Gasteiger partial charge in [0, 0.05) is 6.20 Å². The molecular formula is C12H19F2N3O4Si. The number of hydrogen-bond donors (Lipinski definition) is 2. The Balaban J connectivity index is 2.24. The molecule has 124 valence electrons. The molecular weight excluding hydrogens is 316 g/mol. The molecule has 3 N–H and O–H groups in total. The Morgan fingerprint density at radius 1 is 1.55 bits per heavy atom. The van der Waals surface area contributed by atoms with Gasteiger partial charge in [-0.3, -0.25) is 4.57 Å². The van der Waals surface area contributed by atoms with Crippen molar-refractivity contribution in [1.82, 2.24) is 9.55 Å². The van der Waals surface area contributed by atoms with Crippen LogP contribution in [-0.2, 0) is 9.16 Å². The number of nitrogen functional groups attached to an aromatic ring is 1. The first-order valence-electron chi connectivity index (χ1n) is 6.72. The average Bonchev–Trinajstić information content (AvgIpc) is 2.59. The number of nitrogens with zero attached hydrogens (tertiary/aromatic N) is 2. The molecule has 3 atom stereocenters. The van der Waals surface area contributed by atoms with Crippen LogP contribution < -0.4 is 11.4 Å². The van der Waals surface area contributed by atoms with Crippen molar-refractivity contribution in [3.63, 3.8) is 0 Å². The van der Waals surface area contributed by atoms with E-state index in [0.717, 1.165) is 6.20 Å². The number of rotatable bonds is 4. The monoisotopic (exact) mass is 335 g/mol. The van der Waals surface area contributed by atoms with Gasteiger partial charge >= 0.3 is 11.6 Å². The fraction of sp³-hybridized carbons (Fsp3) is 0.667. The highest BCUT2D eigenvalue weighted by atomic mass is 28.4. The minimum atomic E-state index is -3.64. The number of alkyl halides is 2. The lowest BCUT2D eigenvalue weighted by Gasteiger charge is -2.22. The van der Waals surface area contributed by atoms with Crippen LogP contribution in [0.5, 0.6) is 0 Å². The van der Waals surface area contributed by atoms with E-state index in [9.17, 15) is 18.7 Å². The van der Waals surface area contributed by atoms with Crippen LogP contribution in [0.25, 0.3) is 0 Å². The molecule has 0 bridgehead atoms. The lowest BCUT2D eigenvalue weighted by atomic mass is 10.1. The third-order valence-corrected chi connectivity index (χ3v) is 4.20. The maximum atomic E-state index is 14.2. The Morgan fingerprint density at radius 2 is 2.18 bits per heavy atom. The topological polar surface area (TPSA) is 99.6 Å². The molecule has 1 aliphatic heterocycles. The van der Waals surface area contributed by atoms with E-state index in [0.29, 0.717) is 4.57 Å². The summed E-state index contributed by atoms with van der Waals surface area (Å²) in [4.78, 5) is 15.1. The summed E-state index contributed by atoms with van der Waals surface area (Å²) in [5.74, 6) is -3.73. The highest BCUT2D eigenvalue weighted by Crippen LogP contribution is 2.42. The van der Waals surface area contributed by atoms with E-state index >= 15 is 0 Å². The zero-order chi connectivity index (χ0) is 16.7. The summed E-state index contributed by atoms with van der Waals surface area (Å²) in [5, 5.41) is 9.79. The van der Waals surface area contributed by atoms with Crippen molar-refractivity contribution in [2.75, 3.05) is 12.3 Å². The van der Waals surface area contributed by atoms with Crippen LogP contribution in [0, 0.1) is 0 Å². The second-order valence-electron chi connectivity index (χ2n) is 6.11. The molecule has 1 fully saturated rings. The van der Waals surface area contributed by atoms with Crippen molar-refractivity contribution in [3.8, 4) is 0 Å². The maximum Gasteiger partial charge on any atom is 0.351 e. The van der Waals surface area contributed by atoms with Crippen molar-refractivity contribution >= 4 is 14.1 Å². The van der Waals surface area contributed by atoms with Crippen LogP contribution in [0.3, 0.4) is 0 Å². The van der Waals surface area contributed by atoms with Gasteiger partial charge in [0.1, 0.15) is 11.9 Å². The number of aliphatic hydroxyl groups is 1. The van der Waals surface area contributed by atoms with E-state index in [2.05, 4.69) is 4.98 Å². The van der Waals surface area contributed by atoms with Crippen molar-refractivity contribution in [3.05, 3.63) is 22.7 Å². The Morgan fingerprint density at radius 3 is 2.73 bits per heavy atom. The summed E-state index contributed by atoms with van der Waals surface area (Å²) in [6.07, 6.45) is -4.18. The number of anilines is 1. The zero-order valence-corrected chi connectivity index (χ0v) is 13.5. The minimum absolute atomic E-state index is 0.0817. The number of nitrogens with two attached hydrogens (primary N) is 1. The second-order valence-corrected chi connectivity index (χ2v) is 10.6. The molecule has 1 aliphatic rings. The number of halogens is 2. The van der Waals surface area contributed by atoms with E-state index < -0.39 is 38.4 Å². The van der Waals surface area contributed by atoms with E-state index in [-0.39, 0.29) is 12.4 Å². The number of aromatic nitrogens is 2. The van der Waals surface area contributed by atoms with Crippen molar-refractivity contribution in [1.29, 1.82) is 0 Å². The summed E-state index contributed by atoms with van der Waals surface area (Å²) in [5.41, 5.74) is 4.36. The van der Waals surface area contributed by atoms with Gasteiger partial charge in [0.25, 0.3) is 0 Å². The summed E-state index contributed by atoms with van der Waals surface area (Å²) < 4.78 is 39.7. The SMILES string of the molecule is C[Si](C)(C)OC[C@H]1O[C@@H](n2ccc(N)nc2=O)C(F)(F)[C@@H]1O. The Hall–Kier alpha value is -1.36. The summed E-state index contributed by atoms with van der Waals surface area (Å²) in [6, 6.07) is 1.21. The van der Waals surface area contributed by atoms with Crippen LogP contribution in [0.15, 0.2) is 17.1 Å². The van der Waals surface area contributed by atoms with Crippen LogP contribution in [0.2, 0.25) is 19.6 Å². The van der Waals surface area contributed by atoms with Gasteiger partial charge in [0.05, 0.1) is 6.61 Å². The van der Waals surface area contributed by atoms with Gasteiger partial charge < -0.3 is 20.0 Å². The molecule has 0 aromatic carbocycles. The first-order chi connectivity index (χ1) is 10.0. The molecule has 2 rings (SSSR count). The summed E-state index contributed by atoms with van der Waals surface area (Å²) in [7, 11) is -1.95. The fourth-order valence-corrected chi connectivity index (χ4v) is 2.71. The van der Waals surface area contributed by atoms with E-state index in [1.165, 1.54) is 6.07 Å². The van der Waals surface area contributed by atoms with Crippen LogP contribution >= 0.6 is 0 Å². The average molecular weight is 335 g/mol. The minimum Gasteiger partial charge on any atom is -0.415 e. The van der Waals surface area contributed by atoms with Gasteiger partial charge in [-0.05, 0) is 25.7 Å². The highest BCUT2D eigenvalue weighted by Gasteiger charge is 2.59.